The van der Waals surface area contributed by atoms with Crippen LogP contribution in [0.2, 0.25) is 0 Å². The molecule has 2 aromatic heterocycles. The van der Waals surface area contributed by atoms with Gasteiger partial charge in [-0.3, -0.25) is 9.36 Å². The number of hydrogen-bond donors (Lipinski definition) is 2. The van der Waals surface area contributed by atoms with Crippen LogP contribution < -0.4 is 11.3 Å². The highest BCUT2D eigenvalue weighted by molar-refractivity contribution is 5.99. The summed E-state index contributed by atoms with van der Waals surface area (Å²) in [5.41, 5.74) is 8.07. The maximum atomic E-state index is 12.7. The highest BCUT2D eigenvalue weighted by atomic mass is 16.3. The van der Waals surface area contributed by atoms with Crippen LogP contribution in [0.3, 0.4) is 0 Å². The lowest BCUT2D eigenvalue weighted by molar-refractivity contribution is 0.475. The highest BCUT2D eigenvalue weighted by Crippen LogP contribution is 2.32. The van der Waals surface area contributed by atoms with Gasteiger partial charge in [0.25, 0.3) is 5.56 Å². The first-order valence-corrected chi connectivity index (χ1v) is 7.70. The number of anilines is 1. The van der Waals surface area contributed by atoms with Gasteiger partial charge in [-0.2, -0.15) is 0 Å². The van der Waals surface area contributed by atoms with Crippen molar-refractivity contribution in [3.8, 4) is 16.9 Å². The lowest BCUT2D eigenvalue weighted by Crippen LogP contribution is -2.25. The van der Waals surface area contributed by atoms with Gasteiger partial charge in [0.05, 0.1) is 0 Å². The SMILES string of the molecule is CCCCn1c(=O)c(N)c(-c2cccc(O)c2)c2cccnc21. The molecule has 0 saturated carbocycles. The number of nitrogens with zero attached hydrogens (tertiary/aromatic N) is 2. The molecule has 3 N–H and O–H groups in total. The maximum absolute atomic E-state index is 12.7. The molecule has 0 atom stereocenters. The van der Waals surface area contributed by atoms with E-state index in [0.717, 1.165) is 18.2 Å². The fourth-order valence-electron chi connectivity index (χ4n) is 2.80. The summed E-state index contributed by atoms with van der Waals surface area (Å²) in [7, 11) is 0. The summed E-state index contributed by atoms with van der Waals surface area (Å²) in [6.45, 7) is 2.67. The van der Waals surface area contributed by atoms with Gasteiger partial charge in [-0.05, 0) is 36.2 Å². The van der Waals surface area contributed by atoms with Gasteiger partial charge in [0.15, 0.2) is 0 Å². The van der Waals surface area contributed by atoms with E-state index in [1.54, 1.807) is 29.0 Å². The maximum Gasteiger partial charge on any atom is 0.275 e. The molecule has 0 aliphatic rings. The van der Waals surface area contributed by atoms with Gasteiger partial charge in [0.1, 0.15) is 17.1 Å². The Morgan fingerprint density at radius 1 is 1.26 bits per heavy atom. The molecule has 1 aromatic carbocycles. The van der Waals surface area contributed by atoms with Crippen molar-refractivity contribution in [1.29, 1.82) is 0 Å². The minimum absolute atomic E-state index is 0.133. The number of nitrogens with two attached hydrogens (primary N) is 1. The summed E-state index contributed by atoms with van der Waals surface area (Å²) >= 11 is 0. The number of rotatable bonds is 4. The summed E-state index contributed by atoms with van der Waals surface area (Å²) in [5.74, 6) is 0.133. The predicted molar refractivity (Wildman–Crippen MR) is 92.4 cm³/mol. The molecule has 3 rings (SSSR count). The van der Waals surface area contributed by atoms with E-state index in [1.165, 1.54) is 0 Å². The second-order valence-electron chi connectivity index (χ2n) is 5.52. The minimum Gasteiger partial charge on any atom is -0.508 e. The second kappa shape index (κ2) is 6.12. The molecule has 0 fully saturated rings. The summed E-state index contributed by atoms with van der Waals surface area (Å²) in [6.07, 6.45) is 3.54. The van der Waals surface area contributed by atoms with Crippen LogP contribution in [0.4, 0.5) is 5.69 Å². The zero-order chi connectivity index (χ0) is 16.4. The zero-order valence-electron chi connectivity index (χ0n) is 13.0. The monoisotopic (exact) mass is 309 g/mol. The number of unbranched alkanes of at least 4 members (excludes halogenated alkanes) is 1. The van der Waals surface area contributed by atoms with E-state index in [2.05, 4.69) is 11.9 Å². The number of aryl methyl sites for hydroxylation is 1. The van der Waals surface area contributed by atoms with E-state index < -0.39 is 0 Å². The Balaban J connectivity index is 2.36. The van der Waals surface area contributed by atoms with Gasteiger partial charge in [-0.15, -0.1) is 0 Å². The molecule has 0 aliphatic carbocycles. The zero-order valence-corrected chi connectivity index (χ0v) is 13.0. The molecule has 118 valence electrons. The summed E-state index contributed by atoms with van der Waals surface area (Å²) in [4.78, 5) is 17.1. The van der Waals surface area contributed by atoms with E-state index in [0.29, 0.717) is 23.3 Å². The Labute approximate surface area is 134 Å². The number of hydrogen-bond acceptors (Lipinski definition) is 4. The predicted octanol–water partition coefficient (Wildman–Crippen LogP) is 3.15. The quantitative estimate of drug-likeness (QED) is 0.775. The van der Waals surface area contributed by atoms with Crippen LogP contribution in [-0.2, 0) is 6.54 Å². The van der Waals surface area contributed by atoms with Crippen molar-refractivity contribution < 1.29 is 5.11 Å². The van der Waals surface area contributed by atoms with Crippen LogP contribution in [0.15, 0.2) is 47.4 Å². The van der Waals surface area contributed by atoms with Gasteiger partial charge in [-0.25, -0.2) is 4.98 Å². The molecule has 0 bridgehead atoms. The molecule has 2 heterocycles. The topological polar surface area (TPSA) is 81.1 Å². The molecular weight excluding hydrogens is 290 g/mol. The average Bonchev–Trinajstić information content (AvgIpc) is 2.55. The molecular formula is C18H19N3O2. The lowest BCUT2D eigenvalue weighted by atomic mass is 10.0. The van der Waals surface area contributed by atoms with Crippen molar-refractivity contribution in [2.24, 2.45) is 0 Å². The van der Waals surface area contributed by atoms with E-state index in [-0.39, 0.29) is 17.0 Å². The summed E-state index contributed by atoms with van der Waals surface area (Å²) in [6, 6.07) is 10.5. The van der Waals surface area contributed by atoms with E-state index in [1.807, 2.05) is 18.2 Å². The molecule has 0 aliphatic heterocycles. The van der Waals surface area contributed by atoms with Crippen LogP contribution in [0, 0.1) is 0 Å². The largest absolute Gasteiger partial charge is 0.508 e. The molecule has 23 heavy (non-hydrogen) atoms. The third kappa shape index (κ3) is 2.65. The van der Waals surface area contributed by atoms with Gasteiger partial charge in [0.2, 0.25) is 0 Å². The number of phenolic OH excluding ortho intramolecular Hbond substituents is 1. The number of fused-ring (bicyclic) bond motifs is 1. The first kappa shape index (κ1) is 15.1. The van der Waals surface area contributed by atoms with Crippen LogP contribution >= 0.6 is 0 Å². The van der Waals surface area contributed by atoms with Gasteiger partial charge >= 0.3 is 0 Å². The highest BCUT2D eigenvalue weighted by Gasteiger charge is 2.16. The van der Waals surface area contributed by atoms with Crippen LogP contribution in [0.25, 0.3) is 22.2 Å². The summed E-state index contributed by atoms with van der Waals surface area (Å²) < 4.78 is 1.64. The average molecular weight is 309 g/mol. The fourth-order valence-corrected chi connectivity index (χ4v) is 2.80. The molecule has 0 spiro atoms. The second-order valence-corrected chi connectivity index (χ2v) is 5.52. The number of nitrogen functional groups attached to an aromatic ring is 1. The summed E-state index contributed by atoms with van der Waals surface area (Å²) in [5, 5.41) is 10.5. The molecule has 5 heteroatoms. The Morgan fingerprint density at radius 2 is 2.09 bits per heavy atom. The smallest absolute Gasteiger partial charge is 0.275 e. The Kier molecular flexibility index (Phi) is 4.02. The Hall–Kier alpha value is -2.82. The van der Waals surface area contributed by atoms with E-state index >= 15 is 0 Å². The van der Waals surface area contributed by atoms with Crippen molar-refractivity contribution in [3.63, 3.8) is 0 Å². The molecule has 3 aromatic rings. The van der Waals surface area contributed by atoms with Crippen molar-refractivity contribution in [1.82, 2.24) is 9.55 Å². The van der Waals surface area contributed by atoms with Crippen molar-refractivity contribution in [3.05, 3.63) is 52.9 Å². The van der Waals surface area contributed by atoms with Crippen LogP contribution in [-0.4, -0.2) is 14.7 Å². The number of phenols is 1. The molecule has 0 radical (unpaired) electrons. The van der Waals surface area contributed by atoms with Crippen molar-refractivity contribution >= 4 is 16.7 Å². The van der Waals surface area contributed by atoms with Crippen molar-refractivity contribution in [2.75, 3.05) is 5.73 Å². The van der Waals surface area contributed by atoms with E-state index in [4.69, 9.17) is 5.73 Å². The van der Waals surface area contributed by atoms with Crippen LogP contribution in [0.1, 0.15) is 19.8 Å². The number of pyridine rings is 2. The molecule has 5 nitrogen and oxygen atoms in total. The standard InChI is InChI=1S/C18H19N3O2/c1-2-3-10-21-17-14(8-5-9-20-17)15(16(19)18(21)23)12-6-4-7-13(22)11-12/h4-9,11,22H,2-3,10,19H2,1H3. The number of aromatic hydroxyl groups is 1. The molecule has 0 amide bonds. The minimum atomic E-state index is -0.233. The first-order valence-electron chi connectivity index (χ1n) is 7.70. The van der Waals surface area contributed by atoms with Crippen LogP contribution in [0.5, 0.6) is 5.75 Å². The number of benzene rings is 1. The molecule has 0 saturated heterocycles. The third-order valence-electron chi connectivity index (χ3n) is 3.93. The van der Waals surface area contributed by atoms with Gasteiger partial charge in [0, 0.05) is 23.7 Å². The molecule has 0 unspecified atom stereocenters. The fraction of sp³-hybridized carbons (Fsp3) is 0.222. The normalized spacial score (nSPS) is 11.0. The van der Waals surface area contributed by atoms with E-state index in [9.17, 15) is 9.90 Å². The first-order chi connectivity index (χ1) is 11.1. The lowest BCUT2D eigenvalue weighted by Gasteiger charge is -2.15. The van der Waals surface area contributed by atoms with Gasteiger partial charge in [-0.1, -0.05) is 25.5 Å². The Bertz CT molecular complexity index is 916. The van der Waals surface area contributed by atoms with Crippen molar-refractivity contribution in [2.45, 2.75) is 26.3 Å². The number of aromatic nitrogens is 2. The Morgan fingerprint density at radius 3 is 2.83 bits per heavy atom. The van der Waals surface area contributed by atoms with Gasteiger partial charge < -0.3 is 10.8 Å². The third-order valence-corrected chi connectivity index (χ3v) is 3.93.